The predicted molar refractivity (Wildman–Crippen MR) is 77.6 cm³/mol. The second-order valence-corrected chi connectivity index (χ2v) is 5.61. The van der Waals surface area contributed by atoms with Gasteiger partial charge >= 0.3 is 0 Å². The molecule has 106 valence electrons. The molecular formula is C15H24N2O2. The number of methoxy groups -OCH3 is 1. The van der Waals surface area contributed by atoms with Crippen LogP contribution in [0.15, 0.2) is 12.1 Å². The molecule has 0 aliphatic heterocycles. The van der Waals surface area contributed by atoms with E-state index in [1.54, 1.807) is 7.11 Å². The highest BCUT2D eigenvalue weighted by Gasteiger charge is 2.26. The minimum absolute atomic E-state index is 0.140. The van der Waals surface area contributed by atoms with E-state index in [0.29, 0.717) is 6.54 Å². The van der Waals surface area contributed by atoms with E-state index in [0.717, 1.165) is 11.3 Å². The Morgan fingerprint density at radius 1 is 1.37 bits per heavy atom. The van der Waals surface area contributed by atoms with Crippen LogP contribution in [0, 0.1) is 13.8 Å². The number of hydrogen-bond acceptors (Lipinski definition) is 3. The van der Waals surface area contributed by atoms with Crippen molar-refractivity contribution in [1.29, 1.82) is 0 Å². The van der Waals surface area contributed by atoms with Crippen LogP contribution in [0.25, 0.3) is 0 Å². The van der Waals surface area contributed by atoms with Crippen molar-refractivity contribution in [2.24, 2.45) is 5.73 Å². The molecule has 0 aliphatic rings. The molecule has 0 atom stereocenters. The maximum Gasteiger partial charge on any atom is 0.231 e. The standard InChI is InChI=1S/C15H24N2O2/c1-10-6-11(2)14(12(7-10)19-5)15(3,4)9-17-8-13(16)18/h6-7,17H,8-9H2,1-5H3,(H2,16,18). The molecule has 1 aromatic carbocycles. The summed E-state index contributed by atoms with van der Waals surface area (Å²) in [6.07, 6.45) is 0. The van der Waals surface area contributed by atoms with E-state index in [2.05, 4.69) is 39.1 Å². The summed E-state index contributed by atoms with van der Waals surface area (Å²) < 4.78 is 5.50. The lowest BCUT2D eigenvalue weighted by Crippen LogP contribution is -2.38. The molecule has 4 nitrogen and oxygen atoms in total. The van der Waals surface area contributed by atoms with Gasteiger partial charge in [-0.05, 0) is 31.0 Å². The van der Waals surface area contributed by atoms with Gasteiger partial charge in [-0.15, -0.1) is 0 Å². The molecule has 3 N–H and O–H groups in total. The SMILES string of the molecule is COc1cc(C)cc(C)c1C(C)(C)CNCC(N)=O. The summed E-state index contributed by atoms with van der Waals surface area (Å²) in [5.74, 6) is 0.548. The zero-order chi connectivity index (χ0) is 14.6. The Bertz CT molecular complexity index is 467. The third kappa shape index (κ3) is 3.96. The van der Waals surface area contributed by atoms with E-state index in [1.807, 2.05) is 6.07 Å². The van der Waals surface area contributed by atoms with Gasteiger partial charge in [-0.1, -0.05) is 19.9 Å². The van der Waals surface area contributed by atoms with Gasteiger partial charge in [0.15, 0.2) is 0 Å². The van der Waals surface area contributed by atoms with Crippen LogP contribution in [0.1, 0.15) is 30.5 Å². The van der Waals surface area contributed by atoms with Gasteiger partial charge in [0, 0.05) is 17.5 Å². The zero-order valence-electron chi connectivity index (χ0n) is 12.5. The Labute approximate surface area is 115 Å². The average Bonchev–Trinajstić information content (AvgIpc) is 2.26. The molecule has 0 saturated carbocycles. The third-order valence-corrected chi connectivity index (χ3v) is 3.21. The zero-order valence-corrected chi connectivity index (χ0v) is 12.5. The van der Waals surface area contributed by atoms with E-state index in [-0.39, 0.29) is 17.9 Å². The van der Waals surface area contributed by atoms with Crippen molar-refractivity contribution in [3.05, 3.63) is 28.8 Å². The van der Waals surface area contributed by atoms with Crippen molar-refractivity contribution in [2.75, 3.05) is 20.2 Å². The van der Waals surface area contributed by atoms with Crippen LogP contribution in [0.2, 0.25) is 0 Å². The molecule has 1 rings (SSSR count). The van der Waals surface area contributed by atoms with Crippen molar-refractivity contribution in [1.82, 2.24) is 5.32 Å². The van der Waals surface area contributed by atoms with Crippen LogP contribution >= 0.6 is 0 Å². The van der Waals surface area contributed by atoms with Crippen molar-refractivity contribution < 1.29 is 9.53 Å². The van der Waals surface area contributed by atoms with Crippen LogP contribution in [0.3, 0.4) is 0 Å². The lowest BCUT2D eigenvalue weighted by atomic mass is 9.80. The minimum atomic E-state index is -0.344. The fraction of sp³-hybridized carbons (Fsp3) is 0.533. The monoisotopic (exact) mass is 264 g/mol. The highest BCUT2D eigenvalue weighted by atomic mass is 16.5. The number of ether oxygens (including phenoxy) is 1. The third-order valence-electron chi connectivity index (χ3n) is 3.21. The first-order chi connectivity index (χ1) is 8.77. The number of nitrogens with one attached hydrogen (secondary N) is 1. The highest BCUT2D eigenvalue weighted by molar-refractivity contribution is 5.75. The van der Waals surface area contributed by atoms with E-state index >= 15 is 0 Å². The minimum Gasteiger partial charge on any atom is -0.496 e. The van der Waals surface area contributed by atoms with Crippen LogP contribution in [0.4, 0.5) is 0 Å². The van der Waals surface area contributed by atoms with Crippen LogP contribution in [-0.2, 0) is 10.2 Å². The molecule has 0 aromatic heterocycles. The van der Waals surface area contributed by atoms with E-state index < -0.39 is 0 Å². The number of rotatable bonds is 6. The molecule has 0 saturated heterocycles. The van der Waals surface area contributed by atoms with E-state index in [4.69, 9.17) is 10.5 Å². The number of carbonyl (C=O) groups excluding carboxylic acids is 1. The molecule has 0 heterocycles. The summed E-state index contributed by atoms with van der Waals surface area (Å²) in [7, 11) is 1.69. The second-order valence-electron chi connectivity index (χ2n) is 5.61. The molecule has 0 spiro atoms. The van der Waals surface area contributed by atoms with Gasteiger partial charge in [0.25, 0.3) is 0 Å². The van der Waals surface area contributed by atoms with Gasteiger partial charge < -0.3 is 15.8 Å². The normalized spacial score (nSPS) is 11.4. The molecule has 0 unspecified atom stereocenters. The highest BCUT2D eigenvalue weighted by Crippen LogP contribution is 2.35. The van der Waals surface area contributed by atoms with Gasteiger partial charge in [-0.3, -0.25) is 4.79 Å². The van der Waals surface area contributed by atoms with Gasteiger partial charge in [0.1, 0.15) is 5.75 Å². The molecule has 0 aliphatic carbocycles. The summed E-state index contributed by atoms with van der Waals surface area (Å²) in [5.41, 5.74) is 8.54. The Balaban J connectivity index is 3.02. The number of primary amides is 1. The first-order valence-corrected chi connectivity index (χ1v) is 6.42. The topological polar surface area (TPSA) is 64.3 Å². The van der Waals surface area contributed by atoms with Crippen LogP contribution in [0.5, 0.6) is 5.75 Å². The Kier molecular flexibility index (Phi) is 4.95. The van der Waals surface area contributed by atoms with Crippen LogP contribution in [-0.4, -0.2) is 26.1 Å². The molecule has 4 heteroatoms. The molecule has 1 amide bonds. The van der Waals surface area contributed by atoms with Crippen LogP contribution < -0.4 is 15.8 Å². The lowest BCUT2D eigenvalue weighted by molar-refractivity contribution is -0.117. The van der Waals surface area contributed by atoms with Gasteiger partial charge in [-0.2, -0.15) is 0 Å². The maximum absolute atomic E-state index is 10.8. The van der Waals surface area contributed by atoms with Crippen molar-refractivity contribution in [2.45, 2.75) is 33.1 Å². The summed E-state index contributed by atoms with van der Waals surface area (Å²) in [4.78, 5) is 10.8. The van der Waals surface area contributed by atoms with Crippen molar-refractivity contribution in [3.63, 3.8) is 0 Å². The fourth-order valence-corrected chi connectivity index (χ4v) is 2.54. The maximum atomic E-state index is 10.8. The summed E-state index contributed by atoms with van der Waals surface area (Å²) in [6.45, 7) is 9.24. The van der Waals surface area contributed by atoms with Gasteiger partial charge in [-0.25, -0.2) is 0 Å². The summed E-state index contributed by atoms with van der Waals surface area (Å²) in [5, 5.41) is 3.09. The van der Waals surface area contributed by atoms with Crippen molar-refractivity contribution >= 4 is 5.91 Å². The number of benzene rings is 1. The predicted octanol–water partition coefficient (Wildman–Crippen LogP) is 1.66. The number of carbonyl (C=O) groups is 1. The van der Waals surface area contributed by atoms with Gasteiger partial charge in [0.05, 0.1) is 13.7 Å². The number of aryl methyl sites for hydroxylation is 2. The van der Waals surface area contributed by atoms with E-state index in [9.17, 15) is 4.79 Å². The Hall–Kier alpha value is -1.55. The lowest BCUT2D eigenvalue weighted by Gasteiger charge is -2.29. The fourth-order valence-electron chi connectivity index (χ4n) is 2.54. The molecule has 19 heavy (non-hydrogen) atoms. The number of hydrogen-bond donors (Lipinski definition) is 2. The summed E-state index contributed by atoms with van der Waals surface area (Å²) in [6, 6.07) is 4.19. The number of amides is 1. The molecule has 0 bridgehead atoms. The molecule has 0 radical (unpaired) electrons. The summed E-state index contributed by atoms with van der Waals surface area (Å²) >= 11 is 0. The van der Waals surface area contributed by atoms with E-state index in [1.165, 1.54) is 11.1 Å². The number of nitrogens with two attached hydrogens (primary N) is 1. The Morgan fingerprint density at radius 2 is 2.00 bits per heavy atom. The van der Waals surface area contributed by atoms with Crippen molar-refractivity contribution in [3.8, 4) is 5.75 Å². The largest absolute Gasteiger partial charge is 0.496 e. The quantitative estimate of drug-likeness (QED) is 0.821. The first-order valence-electron chi connectivity index (χ1n) is 6.42. The smallest absolute Gasteiger partial charge is 0.231 e. The average molecular weight is 264 g/mol. The Morgan fingerprint density at radius 3 is 2.53 bits per heavy atom. The first kappa shape index (κ1) is 15.5. The molecular weight excluding hydrogens is 240 g/mol. The molecule has 1 aromatic rings. The molecule has 0 fully saturated rings. The van der Waals surface area contributed by atoms with Gasteiger partial charge in [0.2, 0.25) is 5.91 Å². The second kappa shape index (κ2) is 6.06.